The van der Waals surface area contributed by atoms with Crippen molar-refractivity contribution >= 4 is 35.2 Å². The second kappa shape index (κ2) is 18.1. The number of thiazole rings is 1. The van der Waals surface area contributed by atoms with E-state index in [4.69, 9.17) is 33.2 Å². The van der Waals surface area contributed by atoms with Crippen LogP contribution in [0.3, 0.4) is 0 Å². The van der Waals surface area contributed by atoms with Crippen LogP contribution in [0.25, 0.3) is 0 Å². The average molecular weight is 887 g/mol. The van der Waals surface area contributed by atoms with Crippen LogP contribution in [0.4, 0.5) is 35.1 Å². The van der Waals surface area contributed by atoms with Gasteiger partial charge in [-0.3, -0.25) is 14.4 Å². The predicted octanol–water partition coefficient (Wildman–Crippen LogP) is 5.44. The summed E-state index contributed by atoms with van der Waals surface area (Å²) in [5.74, 6) is -6.02. The quantitative estimate of drug-likeness (QED) is 0.115. The number of esters is 4. The molecule has 3 heterocycles. The Kier molecular flexibility index (Phi) is 13.8. The van der Waals surface area contributed by atoms with Crippen LogP contribution < -0.4 is 14.2 Å². The third kappa shape index (κ3) is 10.5. The van der Waals surface area contributed by atoms with Crippen molar-refractivity contribution in [2.45, 2.75) is 107 Å². The summed E-state index contributed by atoms with van der Waals surface area (Å²) in [7, 11) is 0.977. The minimum absolute atomic E-state index is 0.0947. The Bertz CT molecular complexity index is 2010. The predicted molar refractivity (Wildman–Crippen MR) is 183 cm³/mol. The Morgan fingerprint density at radius 3 is 1.98 bits per heavy atom. The van der Waals surface area contributed by atoms with Gasteiger partial charge in [0.05, 0.1) is 13.2 Å². The van der Waals surface area contributed by atoms with Gasteiger partial charge in [0.1, 0.15) is 5.01 Å². The van der Waals surface area contributed by atoms with Crippen LogP contribution in [-0.4, -0.2) is 102 Å². The van der Waals surface area contributed by atoms with Gasteiger partial charge in [0.2, 0.25) is 18.3 Å². The number of aliphatic hydroxyl groups is 1. The fourth-order valence-electron chi connectivity index (χ4n) is 5.92. The van der Waals surface area contributed by atoms with E-state index in [1.54, 1.807) is 0 Å². The highest BCUT2D eigenvalue weighted by Crippen LogP contribution is 2.52. The zero-order valence-electron chi connectivity index (χ0n) is 31.5. The summed E-state index contributed by atoms with van der Waals surface area (Å²) in [6, 6.07) is 6.12. The first-order valence-electron chi connectivity index (χ1n) is 17.5. The standard InChI is InChI=1S/C36H34F8N2O13S/c1-15(47)53-26-27(54-16(2)48)29(55-17(3)49)31(59-28(26)30(50)52-4)58-25-10-5-18(13-45-25)11-21(19-6-9-22(57-33(37)38)23(12-19)56-20-7-8-20)24-14-46-32(60-24)34(51,35(39,40)41)36(42,43)44/h5-6,9-10,12-14,20-21,26-29,31,33,51H,7-8,11H2,1-4H3/t21?,26-,27-,28-,29+,31+/m0/s1. The number of alkyl halides is 8. The van der Waals surface area contributed by atoms with E-state index in [1.165, 1.54) is 24.3 Å². The molecule has 24 heteroatoms. The minimum atomic E-state index is -6.23. The van der Waals surface area contributed by atoms with Gasteiger partial charge in [-0.1, -0.05) is 12.1 Å². The fraction of sp³-hybridized carbons (Fsp3) is 0.500. The molecular formula is C36H34F8N2O13S. The molecule has 0 spiro atoms. The molecule has 2 aliphatic rings. The third-order valence-electron chi connectivity index (χ3n) is 8.71. The van der Waals surface area contributed by atoms with Crippen molar-refractivity contribution in [1.82, 2.24) is 9.97 Å². The van der Waals surface area contributed by atoms with Crippen molar-refractivity contribution in [3.63, 3.8) is 0 Å². The SMILES string of the molecule is COC(=O)[C@H]1O[C@@H](Oc2ccc(CC(c3ccc(OC(F)F)c(OC4CC4)c3)c3cnc(C(O)(C(F)(F)F)C(F)(F)F)s3)cn2)[C@H](OC(C)=O)[C@@H](OC(C)=O)[C@@H]1OC(C)=O. The summed E-state index contributed by atoms with van der Waals surface area (Å²) in [5, 5.41) is 8.31. The summed E-state index contributed by atoms with van der Waals surface area (Å²) in [5.41, 5.74) is -4.96. The number of hydrogen-bond donors (Lipinski definition) is 1. The molecule has 3 aromatic rings. The molecule has 0 amide bonds. The van der Waals surface area contributed by atoms with Crippen molar-refractivity contribution in [3.8, 4) is 17.4 Å². The molecule has 1 aliphatic heterocycles. The number of methoxy groups -OCH3 is 1. The fourth-order valence-corrected chi connectivity index (χ4v) is 7.10. The normalized spacial score (nSPS) is 21.4. The Balaban J connectivity index is 1.51. The van der Waals surface area contributed by atoms with E-state index in [9.17, 15) is 59.4 Å². The van der Waals surface area contributed by atoms with E-state index < -0.39 is 95.8 Å². The summed E-state index contributed by atoms with van der Waals surface area (Å²) in [4.78, 5) is 56.2. The summed E-state index contributed by atoms with van der Waals surface area (Å²) >= 11 is -0.0947. The molecule has 1 unspecified atom stereocenters. The monoisotopic (exact) mass is 886 g/mol. The molecule has 60 heavy (non-hydrogen) atoms. The second-order valence-electron chi connectivity index (χ2n) is 13.2. The molecule has 5 rings (SSSR count). The second-order valence-corrected chi connectivity index (χ2v) is 14.3. The molecular weight excluding hydrogens is 852 g/mol. The highest BCUT2D eigenvalue weighted by atomic mass is 32.1. The van der Waals surface area contributed by atoms with E-state index in [1.807, 2.05) is 0 Å². The average Bonchev–Trinajstić information content (AvgIpc) is 3.83. The zero-order chi connectivity index (χ0) is 44.3. The van der Waals surface area contributed by atoms with Gasteiger partial charge in [0.15, 0.2) is 29.8 Å². The maximum absolute atomic E-state index is 13.8. The van der Waals surface area contributed by atoms with Gasteiger partial charge < -0.3 is 43.0 Å². The number of rotatable bonds is 15. The molecule has 1 aromatic carbocycles. The Morgan fingerprint density at radius 2 is 1.45 bits per heavy atom. The van der Waals surface area contributed by atoms with Gasteiger partial charge >= 0.3 is 48.4 Å². The number of benzene rings is 1. The number of aromatic nitrogens is 2. The molecule has 1 saturated heterocycles. The van der Waals surface area contributed by atoms with Gasteiger partial charge in [-0.05, 0) is 42.5 Å². The van der Waals surface area contributed by atoms with Crippen LogP contribution >= 0.6 is 11.3 Å². The van der Waals surface area contributed by atoms with E-state index in [2.05, 4.69) is 14.7 Å². The Labute approximate surface area is 337 Å². The van der Waals surface area contributed by atoms with Gasteiger partial charge in [-0.2, -0.15) is 35.1 Å². The van der Waals surface area contributed by atoms with Gasteiger partial charge in [-0.25, -0.2) is 14.8 Å². The van der Waals surface area contributed by atoms with Gasteiger partial charge in [-0.15, -0.1) is 11.3 Å². The molecule has 2 aromatic heterocycles. The molecule has 328 valence electrons. The smallest absolute Gasteiger partial charge is 0.433 e. The van der Waals surface area contributed by atoms with E-state index in [-0.39, 0.29) is 51.5 Å². The lowest BCUT2D eigenvalue weighted by Crippen LogP contribution is -2.64. The largest absolute Gasteiger partial charge is 0.487 e. The molecule has 0 radical (unpaired) electrons. The van der Waals surface area contributed by atoms with Crippen LogP contribution in [0.5, 0.6) is 17.4 Å². The third-order valence-corrected chi connectivity index (χ3v) is 9.93. The lowest BCUT2D eigenvalue weighted by molar-refractivity contribution is -0.376. The lowest BCUT2D eigenvalue weighted by Gasteiger charge is -2.42. The van der Waals surface area contributed by atoms with Crippen molar-refractivity contribution in [2.75, 3.05) is 7.11 Å². The van der Waals surface area contributed by atoms with E-state index in [0.717, 1.165) is 40.1 Å². The lowest BCUT2D eigenvalue weighted by atomic mass is 9.91. The molecule has 15 nitrogen and oxygen atoms in total. The molecule has 6 atom stereocenters. The topological polar surface area (TPSA) is 188 Å². The summed E-state index contributed by atoms with van der Waals surface area (Å²) < 4.78 is 152. The number of ether oxygens (including phenoxy) is 8. The van der Waals surface area contributed by atoms with Gasteiger partial charge in [0, 0.05) is 50.0 Å². The zero-order valence-corrected chi connectivity index (χ0v) is 32.3. The molecule has 2 fully saturated rings. The number of carbonyl (C=O) groups excluding carboxylic acids is 4. The Hall–Kier alpha value is -5.36. The molecule has 1 saturated carbocycles. The first-order valence-corrected chi connectivity index (χ1v) is 18.3. The maximum Gasteiger partial charge on any atom is 0.433 e. The van der Waals surface area contributed by atoms with Crippen molar-refractivity contribution < 1.29 is 97.3 Å². The number of halogens is 8. The molecule has 0 bridgehead atoms. The number of hydrogen-bond acceptors (Lipinski definition) is 16. The maximum atomic E-state index is 13.8. The van der Waals surface area contributed by atoms with Crippen molar-refractivity contribution in [3.05, 3.63) is 63.7 Å². The van der Waals surface area contributed by atoms with Crippen LogP contribution in [0.1, 0.15) is 60.5 Å². The van der Waals surface area contributed by atoms with E-state index >= 15 is 0 Å². The summed E-state index contributed by atoms with van der Waals surface area (Å²) in [6.07, 6.45) is -18.8. The van der Waals surface area contributed by atoms with Crippen LogP contribution in [0, 0.1) is 0 Å². The molecule has 1 aliphatic carbocycles. The number of nitrogens with zero attached hydrogens (tertiary/aromatic N) is 2. The van der Waals surface area contributed by atoms with Crippen molar-refractivity contribution in [1.29, 1.82) is 0 Å². The first kappa shape index (κ1) is 45.7. The highest BCUT2D eigenvalue weighted by molar-refractivity contribution is 7.11. The van der Waals surface area contributed by atoms with Crippen LogP contribution in [0.15, 0.2) is 42.7 Å². The van der Waals surface area contributed by atoms with Crippen LogP contribution in [0.2, 0.25) is 0 Å². The number of carbonyl (C=O) groups is 4. The van der Waals surface area contributed by atoms with Crippen molar-refractivity contribution in [2.24, 2.45) is 0 Å². The first-order chi connectivity index (χ1) is 28.0. The highest BCUT2D eigenvalue weighted by Gasteiger charge is 2.73. The van der Waals surface area contributed by atoms with E-state index in [0.29, 0.717) is 19.0 Å². The molecule has 1 N–H and O–H groups in total. The Morgan fingerprint density at radius 1 is 0.833 bits per heavy atom. The van der Waals surface area contributed by atoms with Crippen LogP contribution in [-0.2, 0) is 54.9 Å². The number of pyridine rings is 1. The summed E-state index contributed by atoms with van der Waals surface area (Å²) in [6.45, 7) is -0.329. The van der Waals surface area contributed by atoms with Gasteiger partial charge in [0.25, 0.3) is 0 Å². The minimum Gasteiger partial charge on any atom is -0.487 e.